The second kappa shape index (κ2) is 12.0. The van der Waals surface area contributed by atoms with E-state index in [-0.39, 0.29) is 0 Å². The largest absolute Gasteiger partial charge is 0.365 e. The summed E-state index contributed by atoms with van der Waals surface area (Å²) in [5.74, 6) is 1.63. The van der Waals surface area contributed by atoms with Gasteiger partial charge in [0.15, 0.2) is 17.0 Å². The van der Waals surface area contributed by atoms with Crippen LogP contribution in [0.2, 0.25) is 0 Å². The first kappa shape index (κ1) is 25.7. The summed E-state index contributed by atoms with van der Waals surface area (Å²) in [4.78, 5) is 19.9. The molecule has 36 heavy (non-hydrogen) atoms. The fraction of sp³-hybridized carbons (Fsp3) is 0.815. The number of hydrogen-bond acceptors (Lipinski definition) is 8. The van der Waals surface area contributed by atoms with E-state index < -0.39 is 0 Å². The van der Waals surface area contributed by atoms with Crippen molar-refractivity contribution in [1.82, 2.24) is 29.3 Å². The van der Waals surface area contributed by atoms with Crippen LogP contribution in [0.15, 0.2) is 6.33 Å². The molecule has 0 spiro atoms. The summed E-state index contributed by atoms with van der Waals surface area (Å²) in [5.41, 5.74) is 8.04. The lowest BCUT2D eigenvalue weighted by Gasteiger charge is -2.33. The van der Waals surface area contributed by atoms with Crippen LogP contribution >= 0.6 is 0 Å². The minimum Gasteiger partial charge on any atom is -0.365 e. The number of imidazole rings is 1. The zero-order valence-corrected chi connectivity index (χ0v) is 22.5. The summed E-state index contributed by atoms with van der Waals surface area (Å²) in [6, 6.07) is 1.66. The van der Waals surface area contributed by atoms with Crippen LogP contribution in [0.5, 0.6) is 0 Å². The number of rotatable bonds is 10. The van der Waals surface area contributed by atoms with E-state index in [0.717, 1.165) is 101 Å². The summed E-state index contributed by atoms with van der Waals surface area (Å²) >= 11 is 0. The third-order valence-electron chi connectivity index (χ3n) is 8.80. The maximum atomic E-state index is 6.15. The molecule has 0 aromatic carbocycles. The van der Waals surface area contributed by atoms with Crippen molar-refractivity contribution in [1.29, 1.82) is 0 Å². The van der Waals surface area contributed by atoms with Crippen molar-refractivity contribution in [3.05, 3.63) is 6.33 Å². The summed E-state index contributed by atoms with van der Waals surface area (Å²) in [6.45, 7) is 11.4. The number of likely N-dealkylation sites (N-methyl/N-ethyl adjacent to an activating group) is 1. The van der Waals surface area contributed by atoms with Gasteiger partial charge >= 0.3 is 0 Å². The van der Waals surface area contributed by atoms with E-state index >= 15 is 0 Å². The predicted molar refractivity (Wildman–Crippen MR) is 148 cm³/mol. The lowest BCUT2D eigenvalue weighted by atomic mass is 9.92. The van der Waals surface area contributed by atoms with E-state index in [1.807, 2.05) is 6.33 Å². The number of hydrogen-bond donors (Lipinski definition) is 3. The average Bonchev–Trinajstić information content (AvgIpc) is 3.57. The Hall–Kier alpha value is -1.97. The van der Waals surface area contributed by atoms with E-state index in [2.05, 4.69) is 38.8 Å². The van der Waals surface area contributed by atoms with Gasteiger partial charge in [-0.2, -0.15) is 9.97 Å². The molecule has 2 aromatic heterocycles. The molecule has 3 aliphatic rings. The molecule has 0 unspecified atom stereocenters. The molecule has 2 aromatic rings. The fourth-order valence-corrected chi connectivity index (χ4v) is 6.29. The maximum absolute atomic E-state index is 6.15. The van der Waals surface area contributed by atoms with Crippen LogP contribution in [-0.4, -0.2) is 86.7 Å². The Labute approximate surface area is 216 Å². The number of aromatic nitrogens is 4. The number of piperidine rings is 1. The topological polar surface area (TPSA) is 100 Å². The van der Waals surface area contributed by atoms with Gasteiger partial charge in [-0.1, -0.05) is 26.7 Å². The fourth-order valence-electron chi connectivity index (χ4n) is 6.29. The molecule has 4 N–H and O–H groups in total. The Morgan fingerprint density at radius 1 is 0.917 bits per heavy atom. The van der Waals surface area contributed by atoms with Crippen molar-refractivity contribution >= 4 is 22.9 Å². The highest BCUT2D eigenvalue weighted by Gasteiger charge is 2.26. The van der Waals surface area contributed by atoms with E-state index in [0.29, 0.717) is 24.2 Å². The number of nitrogens with zero attached hydrogens (tertiary/aromatic N) is 6. The van der Waals surface area contributed by atoms with Crippen molar-refractivity contribution < 1.29 is 0 Å². The van der Waals surface area contributed by atoms with Gasteiger partial charge in [0.1, 0.15) is 0 Å². The molecule has 0 radical (unpaired) electrons. The van der Waals surface area contributed by atoms with Gasteiger partial charge in [-0.15, -0.1) is 0 Å². The quantitative estimate of drug-likeness (QED) is 0.455. The van der Waals surface area contributed by atoms with Crippen LogP contribution in [0, 0.1) is 0 Å². The van der Waals surface area contributed by atoms with E-state index in [1.165, 1.54) is 25.7 Å². The summed E-state index contributed by atoms with van der Waals surface area (Å²) in [5, 5.41) is 7.45. The van der Waals surface area contributed by atoms with E-state index in [1.54, 1.807) is 0 Å². The predicted octanol–water partition coefficient (Wildman–Crippen LogP) is 3.84. The maximum Gasteiger partial charge on any atom is 0.227 e. The summed E-state index contributed by atoms with van der Waals surface area (Å²) in [7, 11) is 0. The molecule has 9 nitrogen and oxygen atoms in total. The normalized spacial score (nSPS) is 24.7. The van der Waals surface area contributed by atoms with E-state index in [4.69, 9.17) is 20.7 Å². The zero-order valence-electron chi connectivity index (χ0n) is 22.5. The van der Waals surface area contributed by atoms with Crippen LogP contribution in [0.4, 0.5) is 11.8 Å². The van der Waals surface area contributed by atoms with Gasteiger partial charge in [-0.3, -0.25) is 0 Å². The van der Waals surface area contributed by atoms with Crippen LogP contribution in [0.3, 0.4) is 0 Å². The van der Waals surface area contributed by atoms with Crippen LogP contribution in [-0.2, 0) is 0 Å². The minimum atomic E-state index is 0.338. The van der Waals surface area contributed by atoms with Gasteiger partial charge in [-0.05, 0) is 64.5 Å². The molecule has 5 rings (SSSR count). The standard InChI is InChI=1S/C27H47N9/c1-3-34(4-2)17-18-35-15-13-22(14-16-35)31-27-32-25(30-21-11-9-20(28)10-12-21)24-26(33-27)36(19-29-24)23-7-5-6-8-23/h19-23H,3-18,28H2,1-2H3,(H2,30,31,32,33). The van der Waals surface area contributed by atoms with Gasteiger partial charge in [0.2, 0.25) is 5.95 Å². The third kappa shape index (κ3) is 6.11. The second-order valence-electron chi connectivity index (χ2n) is 11.2. The molecule has 1 aliphatic heterocycles. The number of anilines is 2. The molecule has 2 saturated carbocycles. The second-order valence-corrected chi connectivity index (χ2v) is 11.2. The third-order valence-corrected chi connectivity index (χ3v) is 8.80. The van der Waals surface area contributed by atoms with Crippen LogP contribution in [0.1, 0.15) is 84.1 Å². The highest BCUT2D eigenvalue weighted by molar-refractivity contribution is 5.84. The van der Waals surface area contributed by atoms with Crippen molar-refractivity contribution in [3.63, 3.8) is 0 Å². The Kier molecular flexibility index (Phi) is 8.59. The monoisotopic (exact) mass is 497 g/mol. The first-order valence-corrected chi connectivity index (χ1v) is 14.6. The number of nitrogens with two attached hydrogens (primary N) is 1. The van der Waals surface area contributed by atoms with E-state index in [9.17, 15) is 0 Å². The Bertz CT molecular complexity index is 950. The summed E-state index contributed by atoms with van der Waals surface area (Å²) < 4.78 is 2.31. The minimum absolute atomic E-state index is 0.338. The molecule has 3 fully saturated rings. The SMILES string of the molecule is CCN(CC)CCN1CCC(Nc2nc(NC3CCC(N)CC3)c3ncn(C4CCCC4)c3n2)CC1. The molecule has 2 aliphatic carbocycles. The lowest BCUT2D eigenvalue weighted by molar-refractivity contribution is 0.183. The molecular formula is C27H47N9. The molecule has 1 saturated heterocycles. The van der Waals surface area contributed by atoms with Crippen LogP contribution < -0.4 is 16.4 Å². The van der Waals surface area contributed by atoms with Crippen molar-refractivity contribution in [2.24, 2.45) is 5.73 Å². The number of nitrogens with one attached hydrogen (secondary N) is 2. The highest BCUT2D eigenvalue weighted by Crippen LogP contribution is 2.34. The van der Waals surface area contributed by atoms with Gasteiger partial charge in [-0.25, -0.2) is 4.98 Å². The zero-order chi connectivity index (χ0) is 24.9. The van der Waals surface area contributed by atoms with Gasteiger partial charge < -0.3 is 30.7 Å². The van der Waals surface area contributed by atoms with Crippen LogP contribution in [0.25, 0.3) is 11.2 Å². The van der Waals surface area contributed by atoms with Gasteiger partial charge in [0, 0.05) is 50.3 Å². The first-order chi connectivity index (χ1) is 17.6. The first-order valence-electron chi connectivity index (χ1n) is 14.6. The highest BCUT2D eigenvalue weighted by atomic mass is 15.2. The lowest BCUT2D eigenvalue weighted by Crippen LogP contribution is -2.43. The molecule has 9 heteroatoms. The number of likely N-dealkylation sites (tertiary alicyclic amines) is 1. The van der Waals surface area contributed by atoms with Crippen molar-refractivity contribution in [2.75, 3.05) is 49.9 Å². The molecule has 0 amide bonds. The smallest absolute Gasteiger partial charge is 0.227 e. The number of fused-ring (bicyclic) bond motifs is 1. The Morgan fingerprint density at radius 3 is 2.31 bits per heavy atom. The molecule has 3 heterocycles. The van der Waals surface area contributed by atoms with Gasteiger partial charge in [0.25, 0.3) is 0 Å². The Balaban J connectivity index is 1.28. The molecule has 0 atom stereocenters. The molecule has 200 valence electrons. The molecular weight excluding hydrogens is 450 g/mol. The summed E-state index contributed by atoms with van der Waals surface area (Å²) in [6.07, 6.45) is 13.6. The molecule has 0 bridgehead atoms. The van der Waals surface area contributed by atoms with Crippen molar-refractivity contribution in [3.8, 4) is 0 Å². The van der Waals surface area contributed by atoms with Crippen molar-refractivity contribution in [2.45, 2.75) is 102 Å². The Morgan fingerprint density at radius 2 is 1.61 bits per heavy atom. The average molecular weight is 498 g/mol. The van der Waals surface area contributed by atoms with Gasteiger partial charge in [0.05, 0.1) is 6.33 Å².